The average Bonchev–Trinajstić information content (AvgIpc) is 3.24. The molecule has 2 fully saturated rings. The fraction of sp³-hybridized carbons (Fsp3) is 0.529. The third-order valence-corrected chi connectivity index (χ3v) is 12.1. The quantitative estimate of drug-likeness (QED) is 0.0630. The number of nitrogens with zero attached hydrogens (tertiary/aromatic N) is 1. The van der Waals surface area contributed by atoms with Crippen LogP contribution in [-0.2, 0) is 34.7 Å². The van der Waals surface area contributed by atoms with Crippen molar-refractivity contribution in [1.29, 1.82) is 0 Å². The summed E-state index contributed by atoms with van der Waals surface area (Å²) >= 11 is 0. The Kier molecular flexibility index (Phi) is 19.3. The maximum absolute atomic E-state index is 13.4. The van der Waals surface area contributed by atoms with Crippen LogP contribution in [0.4, 0.5) is 17.6 Å². The topological polar surface area (TPSA) is 126 Å². The first-order chi connectivity index (χ1) is 29.7. The number of hydrogen-bond acceptors (Lipinski definition) is 8. The number of halogens is 4. The second-order valence-electron chi connectivity index (χ2n) is 19.3. The third-order valence-electron chi connectivity index (χ3n) is 12.1. The van der Waals surface area contributed by atoms with Crippen LogP contribution in [0.2, 0.25) is 0 Å². The summed E-state index contributed by atoms with van der Waals surface area (Å²) in [5.74, 6) is -2.37. The number of aryl methyl sites for hydroxylation is 2. The van der Waals surface area contributed by atoms with Crippen molar-refractivity contribution in [1.82, 2.24) is 21.0 Å². The Morgan fingerprint density at radius 3 is 1.49 bits per heavy atom. The van der Waals surface area contributed by atoms with Crippen molar-refractivity contribution in [2.24, 2.45) is 5.73 Å². The lowest BCUT2D eigenvalue weighted by Crippen LogP contribution is -2.55. The van der Waals surface area contributed by atoms with E-state index in [9.17, 15) is 33.0 Å². The van der Waals surface area contributed by atoms with Crippen molar-refractivity contribution >= 4 is 0 Å². The van der Waals surface area contributed by atoms with E-state index in [1.54, 1.807) is 0 Å². The van der Waals surface area contributed by atoms with Crippen LogP contribution in [0.1, 0.15) is 113 Å². The molecule has 4 atom stereocenters. The first-order valence-corrected chi connectivity index (χ1v) is 22.5. The molecule has 2 heterocycles. The molecule has 0 bridgehead atoms. The van der Waals surface area contributed by atoms with Crippen molar-refractivity contribution in [2.75, 3.05) is 46.3 Å². The van der Waals surface area contributed by atoms with Gasteiger partial charge >= 0.3 is 0 Å². The Morgan fingerprint density at radius 1 is 0.651 bits per heavy atom. The van der Waals surface area contributed by atoms with Crippen LogP contribution in [-0.4, -0.2) is 79.0 Å². The monoisotopic (exact) mass is 880 g/mol. The molecular weight excluding hydrogens is 807 g/mol. The van der Waals surface area contributed by atoms with E-state index >= 15 is 0 Å². The van der Waals surface area contributed by atoms with Gasteiger partial charge in [0.15, 0.2) is 0 Å². The number of aliphatic hydroxyl groups is 2. The lowest BCUT2D eigenvalue weighted by atomic mass is 9.79. The van der Waals surface area contributed by atoms with E-state index in [1.807, 2.05) is 6.07 Å². The first kappa shape index (κ1) is 51.9. The molecule has 63 heavy (non-hydrogen) atoms. The van der Waals surface area contributed by atoms with Gasteiger partial charge in [-0.05, 0) is 133 Å². The standard InChI is InChI=1S/C25H34F2N2O2.C25H34F2N2O.CH5N/c1-24(2,3)19-6-4-7-20(14-19)25(10-5-11-29(31)17-25)28-16-23(30)9-8-18-12-21(26)15-22(27)13-18;1-24(2,3)19-6-4-7-20(14-19)25(10-5-11-28-17-25)29-16-23(30)9-8-18-12-21(26)15-22(27)13-18;1-2/h4,6-7,12-15,23,28,30-31H,5,8-11,16-17H2,1-3H3;4,6-7,12-15,23,28-30H,5,8-11,16-17H2,1-3H3;2H2,1H3. The summed E-state index contributed by atoms with van der Waals surface area (Å²) in [6.07, 6.45) is 4.11. The van der Waals surface area contributed by atoms with Gasteiger partial charge < -0.3 is 37.1 Å². The van der Waals surface area contributed by atoms with Gasteiger partial charge in [0.25, 0.3) is 0 Å². The Bertz CT molecular complexity index is 1980. The van der Waals surface area contributed by atoms with Crippen molar-refractivity contribution in [3.05, 3.63) is 142 Å². The molecule has 8 N–H and O–H groups in total. The highest BCUT2D eigenvalue weighted by Gasteiger charge is 2.38. The zero-order valence-electron chi connectivity index (χ0n) is 38.5. The Hall–Kier alpha value is -3.72. The molecule has 348 valence electrons. The van der Waals surface area contributed by atoms with Gasteiger partial charge in [-0.15, -0.1) is 0 Å². The average molecular weight is 880 g/mol. The predicted octanol–water partition coefficient (Wildman–Crippen LogP) is 8.53. The Morgan fingerprint density at radius 2 is 1.08 bits per heavy atom. The molecule has 6 rings (SSSR count). The minimum Gasteiger partial charge on any atom is -0.392 e. The zero-order valence-corrected chi connectivity index (χ0v) is 38.5. The van der Waals surface area contributed by atoms with Crippen LogP contribution in [0.25, 0.3) is 0 Å². The Balaban J connectivity index is 0.000000266. The van der Waals surface area contributed by atoms with E-state index in [0.717, 1.165) is 56.5 Å². The smallest absolute Gasteiger partial charge is 0.126 e. The summed E-state index contributed by atoms with van der Waals surface area (Å²) in [7, 11) is 1.50. The summed E-state index contributed by atoms with van der Waals surface area (Å²) in [4.78, 5) is 0. The normalized spacial score (nSPS) is 20.5. The van der Waals surface area contributed by atoms with E-state index < -0.39 is 41.0 Å². The second kappa shape index (κ2) is 23.5. The van der Waals surface area contributed by atoms with Crippen LogP contribution in [0.15, 0.2) is 84.9 Å². The number of benzene rings is 4. The summed E-state index contributed by atoms with van der Waals surface area (Å²) in [5.41, 5.74) is 9.81. The molecule has 0 saturated carbocycles. The van der Waals surface area contributed by atoms with Crippen molar-refractivity contribution < 1.29 is 33.0 Å². The van der Waals surface area contributed by atoms with Crippen LogP contribution in [0.3, 0.4) is 0 Å². The lowest BCUT2D eigenvalue weighted by Gasteiger charge is -2.42. The minimum atomic E-state index is -0.678. The van der Waals surface area contributed by atoms with Gasteiger partial charge in [0.05, 0.1) is 23.3 Å². The molecule has 12 heteroatoms. The van der Waals surface area contributed by atoms with E-state index in [2.05, 4.69) is 106 Å². The molecule has 0 amide bonds. The molecule has 2 aliphatic rings. The second-order valence-corrected chi connectivity index (χ2v) is 19.3. The number of aliphatic hydroxyl groups excluding tert-OH is 2. The number of hydroxylamine groups is 2. The maximum atomic E-state index is 13.4. The highest BCUT2D eigenvalue weighted by atomic mass is 19.1. The molecule has 4 unspecified atom stereocenters. The highest BCUT2D eigenvalue weighted by molar-refractivity contribution is 5.35. The van der Waals surface area contributed by atoms with Crippen LogP contribution < -0.4 is 21.7 Å². The summed E-state index contributed by atoms with van der Waals surface area (Å²) < 4.78 is 53.5. The van der Waals surface area contributed by atoms with Crippen LogP contribution in [0.5, 0.6) is 0 Å². The van der Waals surface area contributed by atoms with Gasteiger partial charge in [0.1, 0.15) is 23.3 Å². The number of rotatable bonds is 14. The largest absolute Gasteiger partial charge is 0.392 e. The predicted molar refractivity (Wildman–Crippen MR) is 246 cm³/mol. The number of nitrogens with two attached hydrogens (primary N) is 1. The van der Waals surface area contributed by atoms with Gasteiger partial charge in [-0.1, -0.05) is 90.1 Å². The Labute approximate surface area is 373 Å². The van der Waals surface area contributed by atoms with Gasteiger partial charge in [0, 0.05) is 44.9 Å². The SMILES string of the molecule is CC(C)(C)c1cccc(C2(NCC(O)CCc3cc(F)cc(F)c3)CCCN(O)C2)c1.CC(C)(C)c1cccc(C2(NCC(O)CCc3cc(F)cc(F)c3)CCCNC2)c1.CN. The van der Waals surface area contributed by atoms with Crippen molar-refractivity contribution in [2.45, 2.75) is 127 Å². The number of nitrogens with one attached hydrogen (secondary N) is 3. The summed E-state index contributed by atoms with van der Waals surface area (Å²) in [6, 6.07) is 24.1. The number of piperidine rings is 2. The molecular formula is C51H73F4N5O3. The molecule has 8 nitrogen and oxygen atoms in total. The molecule has 0 aromatic heterocycles. The van der Waals surface area contributed by atoms with Gasteiger partial charge in [-0.2, -0.15) is 5.06 Å². The van der Waals surface area contributed by atoms with Gasteiger partial charge in [-0.25, -0.2) is 17.6 Å². The maximum Gasteiger partial charge on any atom is 0.126 e. The summed E-state index contributed by atoms with van der Waals surface area (Å²) in [5, 5.41) is 43.4. The van der Waals surface area contributed by atoms with Crippen LogP contribution >= 0.6 is 0 Å². The fourth-order valence-corrected chi connectivity index (χ4v) is 8.49. The van der Waals surface area contributed by atoms with Crippen molar-refractivity contribution in [3.8, 4) is 0 Å². The van der Waals surface area contributed by atoms with E-state index in [1.165, 1.54) is 53.1 Å². The van der Waals surface area contributed by atoms with Gasteiger partial charge in [-0.3, -0.25) is 0 Å². The van der Waals surface area contributed by atoms with E-state index in [4.69, 9.17) is 0 Å². The molecule has 2 saturated heterocycles. The fourth-order valence-electron chi connectivity index (χ4n) is 8.49. The lowest BCUT2D eigenvalue weighted by molar-refractivity contribution is -0.129. The molecule has 4 aromatic carbocycles. The first-order valence-electron chi connectivity index (χ1n) is 22.5. The van der Waals surface area contributed by atoms with Gasteiger partial charge in [0.2, 0.25) is 0 Å². The van der Waals surface area contributed by atoms with E-state index in [-0.39, 0.29) is 16.4 Å². The molecule has 0 spiro atoms. The third kappa shape index (κ3) is 15.7. The molecule has 0 radical (unpaired) electrons. The van der Waals surface area contributed by atoms with Crippen LogP contribution in [0, 0.1) is 23.3 Å². The molecule has 4 aromatic rings. The minimum absolute atomic E-state index is 0.00448. The zero-order chi connectivity index (χ0) is 46.4. The number of hydrogen-bond donors (Lipinski definition) is 7. The van der Waals surface area contributed by atoms with Crippen molar-refractivity contribution in [3.63, 3.8) is 0 Å². The summed E-state index contributed by atoms with van der Waals surface area (Å²) in [6.45, 7) is 16.8. The van der Waals surface area contributed by atoms with E-state index in [0.29, 0.717) is 63.0 Å². The highest BCUT2D eigenvalue weighted by Crippen LogP contribution is 2.35. The molecule has 2 aliphatic heterocycles. The molecule has 0 aliphatic carbocycles.